The molecule has 0 bridgehead atoms. The van der Waals surface area contributed by atoms with Crippen molar-refractivity contribution in [2.45, 2.75) is 33.2 Å². The van der Waals surface area contributed by atoms with Crippen LogP contribution in [0, 0.1) is 0 Å². The number of carbonyl (C=O) groups excluding carboxylic acids is 3. The van der Waals surface area contributed by atoms with Crippen LogP contribution in [0.25, 0.3) is 0 Å². The quantitative estimate of drug-likeness (QED) is 0.200. The third-order valence-corrected chi connectivity index (χ3v) is 3.55. The fraction of sp³-hybridized carbons (Fsp3) is 0.571. The number of benzene rings is 1. The van der Waals surface area contributed by atoms with Gasteiger partial charge in [0, 0.05) is 18.7 Å². The van der Waals surface area contributed by atoms with Gasteiger partial charge in [-0.15, -0.1) is 0 Å². The first-order valence-electron chi connectivity index (χ1n) is 10.6. The fourth-order valence-corrected chi connectivity index (χ4v) is 2.12. The summed E-state index contributed by atoms with van der Waals surface area (Å²) in [7, 11) is 0. The highest BCUT2D eigenvalue weighted by Gasteiger charge is 2.38. The zero-order valence-electron chi connectivity index (χ0n) is 19.4. The molecule has 10 nitrogen and oxygen atoms in total. The van der Waals surface area contributed by atoms with Crippen LogP contribution >= 0.6 is 0 Å². The van der Waals surface area contributed by atoms with Gasteiger partial charge in [-0.05, 0) is 25.1 Å². The van der Waals surface area contributed by atoms with Gasteiger partial charge >= 0.3 is 18.1 Å². The summed E-state index contributed by atoms with van der Waals surface area (Å²) >= 11 is 0. The summed E-state index contributed by atoms with van der Waals surface area (Å²) in [6, 6.07) is 6.02. The molecule has 1 aromatic carbocycles. The van der Waals surface area contributed by atoms with Crippen molar-refractivity contribution < 1.29 is 46.5 Å². The summed E-state index contributed by atoms with van der Waals surface area (Å²) in [4.78, 5) is 33.9. The van der Waals surface area contributed by atoms with E-state index in [1.54, 1.807) is 24.4 Å². The molecule has 1 atom stereocenters. The molecule has 0 saturated heterocycles. The first-order valence-corrected chi connectivity index (χ1v) is 10.6. The Morgan fingerprint density at radius 1 is 1.09 bits per heavy atom. The first-order chi connectivity index (χ1) is 16.1. The molecule has 34 heavy (non-hydrogen) atoms. The summed E-state index contributed by atoms with van der Waals surface area (Å²) < 4.78 is 56.7. The average Bonchev–Trinajstić information content (AvgIpc) is 2.81. The predicted octanol–water partition coefficient (Wildman–Crippen LogP) is 1.38. The third kappa shape index (κ3) is 14.3. The molecule has 13 heteroatoms. The molecule has 1 aromatic rings. The molecule has 0 aliphatic heterocycles. The van der Waals surface area contributed by atoms with E-state index in [0.29, 0.717) is 5.75 Å². The number of ether oxygens (including phenoxy) is 4. The molecule has 1 rings (SSSR count). The van der Waals surface area contributed by atoms with Gasteiger partial charge in [0.1, 0.15) is 25.2 Å². The predicted molar refractivity (Wildman–Crippen MR) is 116 cm³/mol. The molecule has 1 unspecified atom stereocenters. The van der Waals surface area contributed by atoms with Gasteiger partial charge in [-0.1, -0.05) is 19.9 Å². The molecular formula is C21H32F3N3O7. The fourth-order valence-electron chi connectivity index (χ4n) is 2.12. The number of amides is 2. The van der Waals surface area contributed by atoms with Gasteiger partial charge < -0.3 is 35.3 Å². The maximum atomic E-state index is 12.1. The second kappa shape index (κ2) is 17.6. The molecule has 194 valence electrons. The molecule has 0 radical (unpaired) electrons. The molecule has 4 N–H and O–H groups in total. The summed E-state index contributed by atoms with van der Waals surface area (Å²) in [5, 5.41) is 4.03. The average molecular weight is 495 g/mol. The van der Waals surface area contributed by atoms with Crippen LogP contribution in [0.4, 0.5) is 13.2 Å². The van der Waals surface area contributed by atoms with Crippen LogP contribution < -0.4 is 21.1 Å². The zero-order valence-corrected chi connectivity index (χ0v) is 19.4. The van der Waals surface area contributed by atoms with E-state index in [9.17, 15) is 27.6 Å². The van der Waals surface area contributed by atoms with Crippen molar-refractivity contribution in [1.29, 1.82) is 0 Å². The Kier molecular flexibility index (Phi) is 16.1. The van der Waals surface area contributed by atoms with Crippen molar-refractivity contribution in [2.75, 3.05) is 46.1 Å². The molecule has 0 spiro atoms. The van der Waals surface area contributed by atoms with Crippen molar-refractivity contribution >= 4 is 17.8 Å². The van der Waals surface area contributed by atoms with Gasteiger partial charge in [-0.2, -0.15) is 13.2 Å². The van der Waals surface area contributed by atoms with E-state index in [2.05, 4.69) is 5.32 Å². The number of nitrogens with one attached hydrogen (secondary N) is 2. The Morgan fingerprint density at radius 3 is 2.41 bits per heavy atom. The lowest BCUT2D eigenvalue weighted by atomic mass is 10.2. The summed E-state index contributed by atoms with van der Waals surface area (Å²) in [5.41, 5.74) is 5.96. The molecule has 0 aromatic heterocycles. The number of halogens is 3. The van der Waals surface area contributed by atoms with E-state index in [-0.39, 0.29) is 51.7 Å². The molecule has 2 amide bonds. The van der Waals surface area contributed by atoms with E-state index < -0.39 is 30.2 Å². The second-order valence-corrected chi connectivity index (χ2v) is 6.12. The van der Waals surface area contributed by atoms with Gasteiger partial charge in [-0.25, -0.2) is 4.79 Å². The summed E-state index contributed by atoms with van der Waals surface area (Å²) in [6.45, 7) is 5.41. The lowest BCUT2D eigenvalue weighted by Crippen LogP contribution is -2.41. The SMILES string of the molecule is CC.CCOC(=O)COCCOC(N)COc1cccc(C(=O)NCCNC(=O)C(F)(F)F)c1. The maximum absolute atomic E-state index is 12.1. The number of carbonyl (C=O) groups is 3. The van der Waals surface area contributed by atoms with E-state index in [0.717, 1.165) is 0 Å². The number of esters is 1. The highest BCUT2D eigenvalue weighted by Crippen LogP contribution is 2.14. The highest BCUT2D eigenvalue weighted by atomic mass is 19.4. The van der Waals surface area contributed by atoms with E-state index in [1.807, 2.05) is 13.8 Å². The summed E-state index contributed by atoms with van der Waals surface area (Å²) in [5.74, 6) is -2.79. The minimum atomic E-state index is -4.98. The monoisotopic (exact) mass is 495 g/mol. The van der Waals surface area contributed by atoms with Crippen LogP contribution in [0.1, 0.15) is 31.1 Å². The van der Waals surface area contributed by atoms with Gasteiger partial charge in [0.25, 0.3) is 5.91 Å². The van der Waals surface area contributed by atoms with Crippen molar-refractivity contribution in [3.05, 3.63) is 29.8 Å². The minimum Gasteiger partial charge on any atom is -0.489 e. The van der Waals surface area contributed by atoms with Crippen LogP contribution in [0.3, 0.4) is 0 Å². The van der Waals surface area contributed by atoms with E-state index in [4.69, 9.17) is 24.7 Å². The Morgan fingerprint density at radius 2 is 1.76 bits per heavy atom. The standard InChI is InChI=1S/C19H26F3N3O7.C2H6/c1-2-30-16(26)12-29-8-9-31-15(23)11-32-14-5-3-4-13(10-14)17(27)24-6-7-25-18(28)19(20,21)22;1-2/h3-5,10,15H,2,6-9,11-12,23H2,1H3,(H,24,27)(H,25,28);1-2H3. The molecule has 0 aliphatic carbocycles. The van der Waals surface area contributed by atoms with Crippen molar-refractivity contribution in [1.82, 2.24) is 10.6 Å². The number of hydrogen-bond donors (Lipinski definition) is 3. The number of hydrogen-bond acceptors (Lipinski definition) is 8. The van der Waals surface area contributed by atoms with Crippen LogP contribution in [-0.2, 0) is 23.8 Å². The van der Waals surface area contributed by atoms with Gasteiger partial charge in [0.05, 0.1) is 19.8 Å². The van der Waals surface area contributed by atoms with Crippen LogP contribution in [0.15, 0.2) is 24.3 Å². The van der Waals surface area contributed by atoms with Crippen molar-refractivity contribution in [3.63, 3.8) is 0 Å². The Hall–Kier alpha value is -2.90. The van der Waals surface area contributed by atoms with Gasteiger partial charge in [0.15, 0.2) is 0 Å². The first kappa shape index (κ1) is 31.1. The highest BCUT2D eigenvalue weighted by molar-refractivity contribution is 5.94. The Labute approximate surface area is 196 Å². The molecule has 0 saturated carbocycles. The second-order valence-electron chi connectivity index (χ2n) is 6.12. The smallest absolute Gasteiger partial charge is 0.471 e. The van der Waals surface area contributed by atoms with Gasteiger partial charge in [0.2, 0.25) is 0 Å². The third-order valence-electron chi connectivity index (χ3n) is 3.55. The van der Waals surface area contributed by atoms with E-state index >= 15 is 0 Å². The largest absolute Gasteiger partial charge is 0.489 e. The zero-order chi connectivity index (χ0) is 26.0. The Balaban J connectivity index is 0.00000529. The van der Waals surface area contributed by atoms with Gasteiger partial charge in [-0.3, -0.25) is 9.59 Å². The van der Waals surface area contributed by atoms with Crippen LogP contribution in [-0.4, -0.2) is 76.3 Å². The lowest BCUT2D eigenvalue weighted by Gasteiger charge is -2.15. The van der Waals surface area contributed by atoms with Crippen molar-refractivity contribution in [3.8, 4) is 5.75 Å². The van der Waals surface area contributed by atoms with Crippen molar-refractivity contribution in [2.24, 2.45) is 5.73 Å². The van der Waals surface area contributed by atoms with E-state index in [1.165, 1.54) is 12.1 Å². The molecule has 0 aliphatic rings. The number of rotatable bonds is 14. The number of nitrogens with two attached hydrogens (primary N) is 1. The minimum absolute atomic E-state index is 0.0353. The lowest BCUT2D eigenvalue weighted by molar-refractivity contribution is -0.173. The molecular weight excluding hydrogens is 463 g/mol. The van der Waals surface area contributed by atoms with Crippen LogP contribution in [0.2, 0.25) is 0 Å². The van der Waals surface area contributed by atoms with Crippen LogP contribution in [0.5, 0.6) is 5.75 Å². The molecule has 0 heterocycles. The topological polar surface area (TPSA) is 138 Å². The number of alkyl halides is 3. The normalized spacial score (nSPS) is 11.5. The maximum Gasteiger partial charge on any atom is 0.471 e. The molecule has 0 fully saturated rings. The Bertz CT molecular complexity index is 749. The summed E-state index contributed by atoms with van der Waals surface area (Å²) in [6.07, 6.45) is -5.77.